The van der Waals surface area contributed by atoms with Crippen molar-refractivity contribution in [3.8, 4) is 16.3 Å². The second-order valence-corrected chi connectivity index (χ2v) is 4.20. The number of rotatable bonds is 4. The summed E-state index contributed by atoms with van der Waals surface area (Å²) in [6.45, 7) is 3.02. The van der Waals surface area contributed by atoms with Crippen LogP contribution in [0.2, 0.25) is 0 Å². The van der Waals surface area contributed by atoms with Gasteiger partial charge in [-0.25, -0.2) is 0 Å². The van der Waals surface area contributed by atoms with E-state index in [1.807, 2.05) is 31.2 Å². The molecule has 0 bridgehead atoms. The van der Waals surface area contributed by atoms with Crippen LogP contribution in [-0.4, -0.2) is 16.8 Å². The molecule has 0 unspecified atom stereocenters. The smallest absolute Gasteiger partial charge is 0.151 e. The topological polar surface area (TPSA) is 61.0 Å². The van der Waals surface area contributed by atoms with Crippen LogP contribution in [0.25, 0.3) is 10.6 Å². The van der Waals surface area contributed by atoms with Gasteiger partial charge in [0.2, 0.25) is 0 Å². The van der Waals surface area contributed by atoms with Crippen LogP contribution >= 0.6 is 11.3 Å². The van der Waals surface area contributed by atoms with Gasteiger partial charge in [0.25, 0.3) is 0 Å². The zero-order valence-electron chi connectivity index (χ0n) is 9.01. The molecule has 0 saturated carbocycles. The van der Waals surface area contributed by atoms with Crippen LogP contribution < -0.4 is 10.5 Å². The molecule has 0 aliphatic rings. The summed E-state index contributed by atoms with van der Waals surface area (Å²) in [4.78, 5) is 0. The average Bonchev–Trinajstić information content (AvgIpc) is 2.79. The van der Waals surface area contributed by atoms with Crippen molar-refractivity contribution in [3.63, 3.8) is 0 Å². The van der Waals surface area contributed by atoms with E-state index in [2.05, 4.69) is 10.2 Å². The number of nitrogens with two attached hydrogens (primary N) is 1. The Hall–Kier alpha value is -1.46. The van der Waals surface area contributed by atoms with Gasteiger partial charge in [0.1, 0.15) is 10.8 Å². The van der Waals surface area contributed by atoms with Gasteiger partial charge in [-0.15, -0.1) is 10.2 Å². The lowest BCUT2D eigenvalue weighted by atomic mass is 10.2. The Morgan fingerprint density at radius 2 is 2.12 bits per heavy atom. The van der Waals surface area contributed by atoms with Gasteiger partial charge >= 0.3 is 0 Å². The van der Waals surface area contributed by atoms with Crippen LogP contribution in [0.3, 0.4) is 0 Å². The number of hydrogen-bond donors (Lipinski definition) is 1. The number of para-hydroxylation sites is 1. The van der Waals surface area contributed by atoms with Gasteiger partial charge in [0.05, 0.1) is 12.2 Å². The molecule has 84 valence electrons. The molecule has 2 aromatic rings. The first kappa shape index (κ1) is 11.0. The van der Waals surface area contributed by atoms with E-state index in [0.717, 1.165) is 21.3 Å². The van der Waals surface area contributed by atoms with Crippen molar-refractivity contribution in [1.82, 2.24) is 10.2 Å². The summed E-state index contributed by atoms with van der Waals surface area (Å²) in [5.74, 6) is 0.838. The molecule has 1 aromatic carbocycles. The zero-order chi connectivity index (χ0) is 11.4. The fourth-order valence-corrected chi connectivity index (χ4v) is 2.12. The lowest BCUT2D eigenvalue weighted by molar-refractivity contribution is 0.341. The lowest BCUT2D eigenvalue weighted by Gasteiger charge is -2.06. The van der Waals surface area contributed by atoms with Gasteiger partial charge in [0, 0.05) is 6.54 Å². The molecule has 0 aliphatic carbocycles. The maximum absolute atomic E-state index is 5.54. The first-order valence-corrected chi connectivity index (χ1v) is 5.91. The predicted octanol–water partition coefficient (Wildman–Crippen LogP) is 2.06. The van der Waals surface area contributed by atoms with E-state index in [1.165, 1.54) is 11.3 Å². The number of aromatic nitrogens is 2. The van der Waals surface area contributed by atoms with Crippen LogP contribution in [0.4, 0.5) is 0 Å². The molecule has 5 heteroatoms. The van der Waals surface area contributed by atoms with Crippen LogP contribution in [-0.2, 0) is 6.54 Å². The molecule has 2 N–H and O–H groups in total. The van der Waals surface area contributed by atoms with Crippen LogP contribution in [0, 0.1) is 0 Å². The minimum Gasteiger partial charge on any atom is -0.493 e. The Morgan fingerprint density at radius 3 is 2.81 bits per heavy atom. The Labute approximate surface area is 98.1 Å². The molecule has 1 aromatic heterocycles. The van der Waals surface area contributed by atoms with Crippen molar-refractivity contribution in [1.29, 1.82) is 0 Å². The standard InChI is InChI=1S/C11H13N3OS/c1-2-15-9-6-4-3-5-8(9)11-14-13-10(7-12)16-11/h3-6H,2,7,12H2,1H3. The maximum Gasteiger partial charge on any atom is 0.151 e. The third kappa shape index (κ3) is 2.20. The van der Waals surface area contributed by atoms with Gasteiger partial charge in [-0.2, -0.15) is 0 Å². The van der Waals surface area contributed by atoms with E-state index in [-0.39, 0.29) is 0 Å². The molecule has 4 nitrogen and oxygen atoms in total. The highest BCUT2D eigenvalue weighted by atomic mass is 32.1. The lowest BCUT2D eigenvalue weighted by Crippen LogP contribution is -1.94. The molecule has 16 heavy (non-hydrogen) atoms. The summed E-state index contributed by atoms with van der Waals surface area (Å²) in [5, 5.41) is 9.79. The van der Waals surface area contributed by atoms with Crippen molar-refractivity contribution >= 4 is 11.3 Å². The molecule has 0 fully saturated rings. The molecule has 1 heterocycles. The normalized spacial score (nSPS) is 10.4. The Bertz CT molecular complexity index is 470. The summed E-state index contributed by atoms with van der Waals surface area (Å²) in [5.41, 5.74) is 6.49. The van der Waals surface area contributed by atoms with E-state index in [9.17, 15) is 0 Å². The van der Waals surface area contributed by atoms with E-state index < -0.39 is 0 Å². The molecule has 0 saturated heterocycles. The summed E-state index contributed by atoms with van der Waals surface area (Å²) < 4.78 is 5.54. The van der Waals surface area contributed by atoms with Crippen LogP contribution in [0.1, 0.15) is 11.9 Å². The molecular weight excluding hydrogens is 222 g/mol. The number of nitrogens with zero attached hydrogens (tertiary/aromatic N) is 2. The Kier molecular flexibility index (Phi) is 3.48. The molecule has 0 amide bonds. The minimum absolute atomic E-state index is 0.425. The van der Waals surface area contributed by atoms with Crippen molar-refractivity contribution in [2.45, 2.75) is 13.5 Å². The summed E-state index contributed by atoms with van der Waals surface area (Å²) >= 11 is 1.50. The van der Waals surface area contributed by atoms with Crippen LogP contribution in [0.5, 0.6) is 5.75 Å². The predicted molar refractivity (Wildman–Crippen MR) is 64.4 cm³/mol. The third-order valence-electron chi connectivity index (χ3n) is 2.06. The highest BCUT2D eigenvalue weighted by Crippen LogP contribution is 2.31. The summed E-state index contributed by atoms with van der Waals surface area (Å²) in [6.07, 6.45) is 0. The summed E-state index contributed by atoms with van der Waals surface area (Å²) in [6, 6.07) is 7.81. The van der Waals surface area contributed by atoms with Crippen molar-refractivity contribution in [2.75, 3.05) is 6.61 Å². The first-order chi connectivity index (χ1) is 7.85. The molecule has 0 atom stereocenters. The zero-order valence-corrected chi connectivity index (χ0v) is 9.83. The Balaban J connectivity index is 2.38. The Morgan fingerprint density at radius 1 is 1.31 bits per heavy atom. The number of hydrogen-bond acceptors (Lipinski definition) is 5. The van der Waals surface area contributed by atoms with Crippen LogP contribution in [0.15, 0.2) is 24.3 Å². The molecule has 0 radical (unpaired) electrons. The minimum atomic E-state index is 0.425. The summed E-state index contributed by atoms with van der Waals surface area (Å²) in [7, 11) is 0. The van der Waals surface area contributed by atoms with E-state index in [0.29, 0.717) is 13.2 Å². The largest absolute Gasteiger partial charge is 0.493 e. The maximum atomic E-state index is 5.54. The van der Waals surface area contributed by atoms with E-state index in [1.54, 1.807) is 0 Å². The first-order valence-electron chi connectivity index (χ1n) is 5.09. The molecule has 2 rings (SSSR count). The quantitative estimate of drug-likeness (QED) is 0.881. The molecule has 0 aliphatic heterocycles. The van der Waals surface area contributed by atoms with Gasteiger partial charge < -0.3 is 10.5 Å². The fraction of sp³-hybridized carbons (Fsp3) is 0.273. The fourth-order valence-electron chi connectivity index (χ4n) is 1.37. The van der Waals surface area contributed by atoms with Gasteiger partial charge in [-0.05, 0) is 19.1 Å². The van der Waals surface area contributed by atoms with Crippen molar-refractivity contribution in [2.24, 2.45) is 5.73 Å². The average molecular weight is 235 g/mol. The van der Waals surface area contributed by atoms with Gasteiger partial charge in [-0.1, -0.05) is 23.5 Å². The van der Waals surface area contributed by atoms with Crippen molar-refractivity contribution < 1.29 is 4.74 Å². The second-order valence-electron chi connectivity index (χ2n) is 3.13. The molecule has 0 spiro atoms. The highest BCUT2D eigenvalue weighted by molar-refractivity contribution is 7.14. The number of benzene rings is 1. The third-order valence-corrected chi connectivity index (χ3v) is 3.04. The molecular formula is C11H13N3OS. The number of ether oxygens (including phenoxy) is 1. The SMILES string of the molecule is CCOc1ccccc1-c1nnc(CN)s1. The second kappa shape index (κ2) is 5.05. The van der Waals surface area contributed by atoms with E-state index in [4.69, 9.17) is 10.5 Å². The van der Waals surface area contributed by atoms with Gasteiger partial charge in [-0.3, -0.25) is 0 Å². The monoisotopic (exact) mass is 235 g/mol. The van der Waals surface area contributed by atoms with E-state index >= 15 is 0 Å². The highest BCUT2D eigenvalue weighted by Gasteiger charge is 2.10. The van der Waals surface area contributed by atoms with Crippen molar-refractivity contribution in [3.05, 3.63) is 29.3 Å². The van der Waals surface area contributed by atoms with Gasteiger partial charge in [0.15, 0.2) is 5.01 Å².